The van der Waals surface area contributed by atoms with Crippen molar-refractivity contribution in [3.63, 3.8) is 0 Å². The zero-order chi connectivity index (χ0) is 12.7. The van der Waals surface area contributed by atoms with Crippen LogP contribution in [0.4, 0.5) is 0 Å². The number of benzene rings is 1. The Morgan fingerprint density at radius 3 is 2.59 bits per heavy atom. The summed E-state index contributed by atoms with van der Waals surface area (Å²) in [5.74, 6) is 0.104. The largest absolute Gasteiger partial charge is 0.497 e. The van der Waals surface area contributed by atoms with Crippen LogP contribution >= 0.6 is 0 Å². The van der Waals surface area contributed by atoms with Crippen LogP contribution in [0, 0.1) is 0 Å². The minimum Gasteiger partial charge on any atom is -0.497 e. The second-order valence-electron chi connectivity index (χ2n) is 3.13. The zero-order valence-electron chi connectivity index (χ0n) is 9.66. The second kappa shape index (κ2) is 6.40. The number of hydrogen-bond acceptors (Lipinski definition) is 4. The van der Waals surface area contributed by atoms with Gasteiger partial charge in [0.05, 0.1) is 13.7 Å². The van der Waals surface area contributed by atoms with Gasteiger partial charge in [-0.2, -0.15) is 0 Å². The van der Waals surface area contributed by atoms with Gasteiger partial charge in [-0.3, -0.25) is 4.79 Å². The highest BCUT2D eigenvalue weighted by Gasteiger charge is 2.20. The lowest BCUT2D eigenvalue weighted by atomic mass is 10.1. The number of hydrogen-bond donors (Lipinski definition) is 0. The fourth-order valence-electron chi connectivity index (χ4n) is 1.31. The molecule has 0 heterocycles. The molecule has 0 aliphatic rings. The van der Waals surface area contributed by atoms with Crippen LogP contribution in [0.3, 0.4) is 0 Å². The van der Waals surface area contributed by atoms with Gasteiger partial charge in [-0.25, -0.2) is 0 Å². The molecular weight excluding hydrogens is 222 g/mol. The minimum absolute atomic E-state index is 0.242. The molecule has 90 valence electrons. The smallest absolute Gasteiger partial charge is 0.319 e. The molecule has 0 aliphatic heterocycles. The monoisotopic (exact) mass is 235 g/mol. The fraction of sp³-hybridized carbons (Fsp3) is 0.364. The molecule has 6 heteroatoms. The minimum atomic E-state index is -0.953. The van der Waals surface area contributed by atoms with E-state index in [2.05, 4.69) is 10.0 Å². The highest BCUT2D eigenvalue weighted by molar-refractivity contribution is 5.77. The van der Waals surface area contributed by atoms with Crippen LogP contribution in [0.1, 0.15) is 18.5 Å². The first-order valence-electron chi connectivity index (χ1n) is 5.07. The van der Waals surface area contributed by atoms with Crippen molar-refractivity contribution in [2.45, 2.75) is 13.0 Å². The van der Waals surface area contributed by atoms with Crippen LogP contribution in [0.5, 0.6) is 5.75 Å². The first-order chi connectivity index (χ1) is 8.22. The van der Waals surface area contributed by atoms with Gasteiger partial charge in [-0.1, -0.05) is 17.2 Å². The van der Waals surface area contributed by atoms with Crippen molar-refractivity contribution in [1.82, 2.24) is 0 Å². The number of carbonyl (C=O) groups excluding carboxylic acids is 1. The third-order valence-corrected chi connectivity index (χ3v) is 2.11. The molecule has 1 atom stereocenters. The van der Waals surface area contributed by atoms with Crippen molar-refractivity contribution < 1.29 is 14.3 Å². The Morgan fingerprint density at radius 1 is 1.47 bits per heavy atom. The van der Waals surface area contributed by atoms with Crippen LogP contribution in [0.25, 0.3) is 10.4 Å². The number of nitrogens with zero attached hydrogens (tertiary/aromatic N) is 3. The van der Waals surface area contributed by atoms with Crippen molar-refractivity contribution in [3.8, 4) is 5.75 Å². The van der Waals surface area contributed by atoms with Gasteiger partial charge in [0.1, 0.15) is 5.75 Å². The highest BCUT2D eigenvalue weighted by atomic mass is 16.5. The van der Waals surface area contributed by atoms with E-state index in [1.165, 1.54) is 0 Å². The van der Waals surface area contributed by atoms with Gasteiger partial charge in [0.25, 0.3) is 0 Å². The lowest BCUT2D eigenvalue weighted by Crippen LogP contribution is -2.13. The Balaban J connectivity index is 2.96. The van der Waals surface area contributed by atoms with Crippen molar-refractivity contribution in [2.75, 3.05) is 13.7 Å². The molecule has 0 fully saturated rings. The maximum Gasteiger partial charge on any atom is 0.319 e. The molecule has 1 unspecified atom stereocenters. The number of azide groups is 1. The van der Waals surface area contributed by atoms with Gasteiger partial charge in [0.15, 0.2) is 6.04 Å². The Bertz CT molecular complexity index is 424. The SMILES string of the molecule is CCOC(=O)C(N=[N+]=[N-])c1ccc(OC)cc1. The molecule has 0 aromatic heterocycles. The van der Waals surface area contributed by atoms with Crippen molar-refractivity contribution in [1.29, 1.82) is 0 Å². The molecule has 0 spiro atoms. The number of rotatable bonds is 5. The predicted molar refractivity (Wildman–Crippen MR) is 61.5 cm³/mol. The van der Waals surface area contributed by atoms with Crippen molar-refractivity contribution in [3.05, 3.63) is 40.3 Å². The lowest BCUT2D eigenvalue weighted by Gasteiger charge is -2.10. The Labute approximate surface area is 98.8 Å². The standard InChI is InChI=1S/C11H13N3O3/c1-3-17-11(15)10(13-14-12)8-4-6-9(16-2)7-5-8/h4-7,10H,3H2,1-2H3. The van der Waals surface area contributed by atoms with E-state index in [0.717, 1.165) is 0 Å². The van der Waals surface area contributed by atoms with Crippen LogP contribution in [0.2, 0.25) is 0 Å². The van der Waals surface area contributed by atoms with Gasteiger partial charge in [0.2, 0.25) is 0 Å². The number of carbonyl (C=O) groups is 1. The molecule has 1 rings (SSSR count). The van der Waals surface area contributed by atoms with Gasteiger partial charge in [0, 0.05) is 4.91 Å². The summed E-state index contributed by atoms with van der Waals surface area (Å²) in [6, 6.07) is 5.75. The average Bonchev–Trinajstić information content (AvgIpc) is 2.36. The third-order valence-electron chi connectivity index (χ3n) is 2.11. The molecule has 0 bridgehead atoms. The van der Waals surface area contributed by atoms with Crippen LogP contribution in [-0.2, 0) is 9.53 Å². The highest BCUT2D eigenvalue weighted by Crippen LogP contribution is 2.22. The molecule has 0 N–H and O–H groups in total. The number of esters is 1. The summed E-state index contributed by atoms with van der Waals surface area (Å²) < 4.78 is 9.83. The van der Waals surface area contributed by atoms with E-state index in [-0.39, 0.29) is 6.61 Å². The third kappa shape index (κ3) is 3.39. The Hall–Kier alpha value is -2.20. The number of ether oxygens (including phenoxy) is 2. The Kier molecular flexibility index (Phi) is 4.84. The second-order valence-corrected chi connectivity index (χ2v) is 3.13. The van der Waals surface area contributed by atoms with Crippen molar-refractivity contribution >= 4 is 5.97 Å². The predicted octanol–water partition coefficient (Wildman–Crippen LogP) is 2.61. The molecule has 0 saturated carbocycles. The van der Waals surface area contributed by atoms with Gasteiger partial charge >= 0.3 is 5.97 Å². The van der Waals surface area contributed by atoms with E-state index in [9.17, 15) is 4.79 Å². The molecule has 0 aliphatic carbocycles. The van der Waals surface area contributed by atoms with Crippen LogP contribution in [-0.4, -0.2) is 19.7 Å². The average molecular weight is 235 g/mol. The van der Waals surface area contributed by atoms with Gasteiger partial charge in [-0.15, -0.1) is 0 Å². The van der Waals surface area contributed by atoms with E-state index in [0.29, 0.717) is 11.3 Å². The molecule has 1 aromatic carbocycles. The van der Waals surface area contributed by atoms with Crippen LogP contribution in [0.15, 0.2) is 29.4 Å². The van der Waals surface area contributed by atoms with E-state index in [4.69, 9.17) is 15.0 Å². The molecule has 17 heavy (non-hydrogen) atoms. The van der Waals surface area contributed by atoms with E-state index >= 15 is 0 Å². The Morgan fingerprint density at radius 2 is 2.12 bits per heavy atom. The van der Waals surface area contributed by atoms with E-state index in [1.807, 2.05) is 0 Å². The first kappa shape index (κ1) is 12.9. The molecule has 0 radical (unpaired) electrons. The molecule has 0 saturated heterocycles. The zero-order valence-corrected chi connectivity index (χ0v) is 9.66. The molecule has 6 nitrogen and oxygen atoms in total. The quantitative estimate of drug-likeness (QED) is 0.340. The van der Waals surface area contributed by atoms with Gasteiger partial charge < -0.3 is 9.47 Å². The molecule has 1 aromatic rings. The van der Waals surface area contributed by atoms with E-state index < -0.39 is 12.0 Å². The van der Waals surface area contributed by atoms with E-state index in [1.54, 1.807) is 38.3 Å². The molecule has 0 amide bonds. The van der Waals surface area contributed by atoms with Gasteiger partial charge in [-0.05, 0) is 30.2 Å². The summed E-state index contributed by atoms with van der Waals surface area (Å²) in [4.78, 5) is 14.2. The summed E-state index contributed by atoms with van der Waals surface area (Å²) in [6.07, 6.45) is 0. The summed E-state index contributed by atoms with van der Waals surface area (Å²) in [5, 5.41) is 3.43. The fourth-order valence-corrected chi connectivity index (χ4v) is 1.31. The van der Waals surface area contributed by atoms with Crippen LogP contribution < -0.4 is 4.74 Å². The maximum absolute atomic E-state index is 11.6. The summed E-state index contributed by atoms with van der Waals surface area (Å²) >= 11 is 0. The lowest BCUT2D eigenvalue weighted by molar-refractivity contribution is -0.144. The van der Waals surface area contributed by atoms with Crippen molar-refractivity contribution in [2.24, 2.45) is 5.11 Å². The summed E-state index contributed by atoms with van der Waals surface area (Å²) in [6.45, 7) is 1.94. The molecular formula is C11H13N3O3. The first-order valence-corrected chi connectivity index (χ1v) is 5.07. The summed E-state index contributed by atoms with van der Waals surface area (Å²) in [7, 11) is 1.55. The topological polar surface area (TPSA) is 84.3 Å². The normalized spacial score (nSPS) is 11.2. The number of methoxy groups -OCH3 is 1. The summed E-state index contributed by atoms with van der Waals surface area (Å²) in [5.41, 5.74) is 9.01. The maximum atomic E-state index is 11.6.